The van der Waals surface area contributed by atoms with Crippen LogP contribution in [0.3, 0.4) is 0 Å². The number of hydrogen-bond acceptors (Lipinski definition) is 4. The molecule has 1 fully saturated rings. The molecule has 0 spiro atoms. The molecule has 7 heteroatoms. The molecule has 156 valence electrons. The van der Waals surface area contributed by atoms with Crippen LogP contribution in [0, 0.1) is 0 Å². The molecule has 1 aliphatic heterocycles. The maximum absolute atomic E-state index is 12.0. The predicted octanol–water partition coefficient (Wildman–Crippen LogP) is 2.27. The summed E-state index contributed by atoms with van der Waals surface area (Å²) in [6.07, 6.45) is 0. The molecule has 0 radical (unpaired) electrons. The number of benzene rings is 1. The fourth-order valence-corrected chi connectivity index (χ4v) is 4.03. The van der Waals surface area contributed by atoms with E-state index in [0.29, 0.717) is 11.8 Å². The molecule has 0 aromatic heterocycles. The molecule has 1 heterocycles. The van der Waals surface area contributed by atoms with Gasteiger partial charge in [-0.1, -0.05) is 25.1 Å². The summed E-state index contributed by atoms with van der Waals surface area (Å²) < 4.78 is 0. The van der Waals surface area contributed by atoms with Crippen LogP contribution in [0.25, 0.3) is 0 Å². The lowest BCUT2D eigenvalue weighted by atomic mass is 10.3. The molecule has 1 aromatic carbocycles. The zero-order chi connectivity index (χ0) is 20.4. The number of nitrogens with zero attached hydrogens (tertiary/aromatic N) is 3. The Morgan fingerprint density at radius 1 is 1.14 bits per heavy atom. The lowest BCUT2D eigenvalue weighted by Gasteiger charge is -2.36. The molecule has 1 unspecified atom stereocenters. The number of aliphatic imine (C=N–C) groups is 1. The Hall–Kier alpha value is -1.73. The van der Waals surface area contributed by atoms with Crippen LogP contribution in [0.4, 0.5) is 0 Å². The van der Waals surface area contributed by atoms with E-state index in [4.69, 9.17) is 4.99 Å². The first-order valence-electron chi connectivity index (χ1n) is 10.2. The van der Waals surface area contributed by atoms with Gasteiger partial charge in [0, 0.05) is 48.9 Å². The number of thioether (sulfide) groups is 1. The fraction of sp³-hybridized carbons (Fsp3) is 0.619. The Labute approximate surface area is 174 Å². The van der Waals surface area contributed by atoms with E-state index in [1.807, 2.05) is 31.7 Å². The van der Waals surface area contributed by atoms with Crippen LogP contribution in [0.5, 0.6) is 0 Å². The van der Waals surface area contributed by atoms with Gasteiger partial charge in [0.15, 0.2) is 5.96 Å². The molecular weight excluding hydrogens is 370 g/mol. The molecule has 1 amide bonds. The molecule has 0 bridgehead atoms. The summed E-state index contributed by atoms with van der Waals surface area (Å²) in [5.41, 5.74) is 0. The van der Waals surface area contributed by atoms with Crippen LogP contribution in [-0.2, 0) is 4.79 Å². The average Bonchev–Trinajstić information content (AvgIpc) is 2.66. The monoisotopic (exact) mass is 405 g/mol. The van der Waals surface area contributed by atoms with E-state index in [9.17, 15) is 4.79 Å². The highest BCUT2D eigenvalue weighted by molar-refractivity contribution is 8.00. The molecule has 2 rings (SSSR count). The largest absolute Gasteiger partial charge is 0.357 e. The van der Waals surface area contributed by atoms with Crippen molar-refractivity contribution in [2.24, 2.45) is 4.99 Å². The second-order valence-corrected chi connectivity index (χ2v) is 8.93. The van der Waals surface area contributed by atoms with Gasteiger partial charge >= 0.3 is 0 Å². The minimum absolute atomic E-state index is 0.107. The topological polar surface area (TPSA) is 60.0 Å². The van der Waals surface area contributed by atoms with Crippen molar-refractivity contribution >= 4 is 23.6 Å². The van der Waals surface area contributed by atoms with Crippen molar-refractivity contribution in [3.63, 3.8) is 0 Å². The Bertz CT molecular complexity index is 614. The first kappa shape index (κ1) is 22.6. The van der Waals surface area contributed by atoms with Gasteiger partial charge in [-0.15, -0.1) is 11.8 Å². The maximum atomic E-state index is 12.0. The quantitative estimate of drug-likeness (QED) is 0.395. The molecule has 1 aliphatic rings. The van der Waals surface area contributed by atoms with E-state index in [1.54, 1.807) is 0 Å². The Balaban J connectivity index is 1.83. The second kappa shape index (κ2) is 12.0. The molecule has 1 atom stereocenters. The van der Waals surface area contributed by atoms with Crippen molar-refractivity contribution in [2.75, 3.05) is 45.8 Å². The van der Waals surface area contributed by atoms with Gasteiger partial charge < -0.3 is 15.5 Å². The van der Waals surface area contributed by atoms with E-state index in [-0.39, 0.29) is 11.9 Å². The number of rotatable bonds is 8. The average molecular weight is 406 g/mol. The van der Waals surface area contributed by atoms with Crippen molar-refractivity contribution in [3.8, 4) is 0 Å². The molecule has 2 N–H and O–H groups in total. The highest BCUT2D eigenvalue weighted by Crippen LogP contribution is 2.22. The zero-order valence-electron chi connectivity index (χ0n) is 17.6. The number of amides is 1. The molecule has 6 nitrogen and oxygen atoms in total. The number of carbonyl (C=O) groups is 1. The molecule has 1 saturated heterocycles. The minimum Gasteiger partial charge on any atom is -0.357 e. The van der Waals surface area contributed by atoms with Gasteiger partial charge in [0.1, 0.15) is 0 Å². The van der Waals surface area contributed by atoms with Gasteiger partial charge in [0.2, 0.25) is 5.91 Å². The SMILES string of the molecule is CCNC(=NCC(C)Sc1ccccc1)N1CCN(CC(=O)NC(C)C)CC1. The van der Waals surface area contributed by atoms with Gasteiger partial charge in [-0.25, -0.2) is 0 Å². The Morgan fingerprint density at radius 2 is 1.82 bits per heavy atom. The summed E-state index contributed by atoms with van der Waals surface area (Å²) >= 11 is 1.86. The second-order valence-electron chi connectivity index (χ2n) is 7.42. The number of piperazine rings is 1. The Morgan fingerprint density at radius 3 is 2.43 bits per heavy atom. The normalized spacial score (nSPS) is 16.9. The summed E-state index contributed by atoms with van der Waals surface area (Å²) in [5.74, 6) is 1.09. The molecule has 0 saturated carbocycles. The van der Waals surface area contributed by atoms with Crippen molar-refractivity contribution < 1.29 is 4.79 Å². The lowest BCUT2D eigenvalue weighted by Crippen LogP contribution is -2.54. The minimum atomic E-state index is 0.107. The molecule has 1 aromatic rings. The summed E-state index contributed by atoms with van der Waals surface area (Å²) in [5, 5.41) is 6.80. The van der Waals surface area contributed by atoms with E-state index in [1.165, 1.54) is 4.90 Å². The standard InChI is InChI=1S/C21H35N5OS/c1-5-22-21(23-15-18(4)28-19-9-7-6-8-10-19)26-13-11-25(12-14-26)16-20(27)24-17(2)3/h6-10,17-18H,5,11-16H2,1-4H3,(H,22,23)(H,24,27). The van der Waals surface area contributed by atoms with Crippen LogP contribution in [-0.4, -0.2) is 78.8 Å². The Kier molecular flexibility index (Phi) is 9.64. The van der Waals surface area contributed by atoms with Crippen molar-refractivity contribution in [3.05, 3.63) is 30.3 Å². The lowest BCUT2D eigenvalue weighted by molar-refractivity contribution is -0.123. The predicted molar refractivity (Wildman–Crippen MR) is 119 cm³/mol. The highest BCUT2D eigenvalue weighted by atomic mass is 32.2. The van der Waals surface area contributed by atoms with E-state index in [2.05, 4.69) is 58.5 Å². The van der Waals surface area contributed by atoms with Gasteiger partial charge in [-0.05, 0) is 32.9 Å². The van der Waals surface area contributed by atoms with Crippen LogP contribution in [0.15, 0.2) is 40.2 Å². The first-order chi connectivity index (χ1) is 13.5. The third-order valence-corrected chi connectivity index (χ3v) is 5.50. The van der Waals surface area contributed by atoms with Gasteiger partial charge in [-0.2, -0.15) is 0 Å². The summed E-state index contributed by atoms with van der Waals surface area (Å²) in [6, 6.07) is 10.7. The number of hydrogen-bond donors (Lipinski definition) is 2. The number of nitrogens with one attached hydrogen (secondary N) is 2. The highest BCUT2D eigenvalue weighted by Gasteiger charge is 2.21. The smallest absolute Gasteiger partial charge is 0.234 e. The summed E-state index contributed by atoms with van der Waals surface area (Å²) in [7, 11) is 0. The van der Waals surface area contributed by atoms with Crippen molar-refractivity contribution in [1.29, 1.82) is 0 Å². The maximum Gasteiger partial charge on any atom is 0.234 e. The van der Waals surface area contributed by atoms with Crippen LogP contribution < -0.4 is 10.6 Å². The number of guanidine groups is 1. The molecule has 0 aliphatic carbocycles. The number of carbonyl (C=O) groups excluding carboxylic acids is 1. The first-order valence-corrected chi connectivity index (χ1v) is 11.1. The fourth-order valence-electron chi connectivity index (χ4n) is 3.10. The summed E-state index contributed by atoms with van der Waals surface area (Å²) in [6.45, 7) is 14.0. The third kappa shape index (κ3) is 8.10. The van der Waals surface area contributed by atoms with Crippen LogP contribution in [0.2, 0.25) is 0 Å². The van der Waals surface area contributed by atoms with Crippen molar-refractivity contribution in [2.45, 2.75) is 43.9 Å². The van der Waals surface area contributed by atoms with E-state index >= 15 is 0 Å². The van der Waals surface area contributed by atoms with Gasteiger partial charge in [-0.3, -0.25) is 14.7 Å². The summed E-state index contributed by atoms with van der Waals surface area (Å²) in [4.78, 5) is 22.6. The molecule has 28 heavy (non-hydrogen) atoms. The van der Waals surface area contributed by atoms with Crippen LogP contribution >= 0.6 is 11.8 Å². The molecular formula is C21H35N5OS. The zero-order valence-corrected chi connectivity index (χ0v) is 18.5. The van der Waals surface area contributed by atoms with Crippen molar-refractivity contribution in [1.82, 2.24) is 20.4 Å². The van der Waals surface area contributed by atoms with Crippen LogP contribution in [0.1, 0.15) is 27.7 Å². The van der Waals surface area contributed by atoms with Gasteiger partial charge in [0.25, 0.3) is 0 Å². The third-order valence-electron chi connectivity index (χ3n) is 4.40. The van der Waals surface area contributed by atoms with E-state index < -0.39 is 0 Å². The van der Waals surface area contributed by atoms with E-state index in [0.717, 1.165) is 45.2 Å². The van der Waals surface area contributed by atoms with Gasteiger partial charge in [0.05, 0.1) is 13.1 Å².